The van der Waals surface area contributed by atoms with E-state index in [1.165, 1.54) is 19.2 Å². The number of hydrogen-bond donors (Lipinski definition) is 4. The van der Waals surface area contributed by atoms with Gasteiger partial charge in [0.15, 0.2) is 21.7 Å². The molecule has 5 heterocycles. The van der Waals surface area contributed by atoms with E-state index in [1.807, 2.05) is 66.6 Å². The lowest BCUT2D eigenvalue weighted by Gasteiger charge is -2.51. The summed E-state index contributed by atoms with van der Waals surface area (Å²) >= 11 is 2.22. The smallest absolute Gasteiger partial charge is 0.324 e. The topological polar surface area (TPSA) is 233 Å². The normalized spacial score (nSPS) is 39.1. The van der Waals surface area contributed by atoms with Crippen molar-refractivity contribution in [1.29, 1.82) is 0 Å². The molecule has 5 aliphatic rings. The van der Waals surface area contributed by atoms with Gasteiger partial charge in [-0.25, -0.2) is 12.8 Å². The van der Waals surface area contributed by atoms with Crippen LogP contribution in [0.2, 0.25) is 0 Å². The Morgan fingerprint density at radius 3 is 2.23 bits per heavy atom. The molecule has 20 nitrogen and oxygen atoms in total. The monoisotopic (exact) mass is 1250 g/mol. The van der Waals surface area contributed by atoms with Crippen LogP contribution in [0.1, 0.15) is 113 Å². The molecular weight excluding hydrogens is 1160 g/mol. The van der Waals surface area contributed by atoms with Crippen LogP contribution in [-0.4, -0.2) is 195 Å². The van der Waals surface area contributed by atoms with Crippen molar-refractivity contribution in [3.8, 4) is 0 Å². The van der Waals surface area contributed by atoms with Gasteiger partial charge in [0, 0.05) is 109 Å². The van der Waals surface area contributed by atoms with Crippen LogP contribution in [0.25, 0.3) is 0 Å². The highest BCUT2D eigenvalue weighted by molar-refractivity contribution is 14.1. The van der Waals surface area contributed by atoms with Crippen LogP contribution >= 0.6 is 22.6 Å². The molecule has 0 spiro atoms. The lowest BCUT2D eigenvalue weighted by atomic mass is 9.68. The number of hydrazine groups is 2. The van der Waals surface area contributed by atoms with E-state index in [-0.39, 0.29) is 42.8 Å². The van der Waals surface area contributed by atoms with Crippen LogP contribution in [0.3, 0.4) is 0 Å². The lowest BCUT2D eigenvalue weighted by Crippen LogP contribution is -2.60. The molecule has 0 aliphatic carbocycles. The van der Waals surface area contributed by atoms with Crippen LogP contribution in [0.4, 0.5) is 4.39 Å². The molecule has 0 radical (unpaired) electrons. The number of rotatable bonds is 19. The second-order valence-electron chi connectivity index (χ2n) is 23.5. The summed E-state index contributed by atoms with van der Waals surface area (Å²) in [6.07, 6.45) is -1.04. The first-order valence-corrected chi connectivity index (χ1v) is 30.9. The average Bonchev–Trinajstić information content (AvgIpc) is 4.03. The number of aliphatic hydroxyl groups is 2. The van der Waals surface area contributed by atoms with Gasteiger partial charge in [-0.15, -0.1) is 5.12 Å². The maximum Gasteiger partial charge on any atom is 0.324 e. The fourth-order valence-corrected chi connectivity index (χ4v) is 15.5. The number of alkyl halides is 2. The number of ketones is 1. The lowest BCUT2D eigenvalue weighted by molar-refractivity contribution is -0.293. The fourth-order valence-electron chi connectivity index (χ4n) is 13.5. The highest BCUT2D eigenvalue weighted by Gasteiger charge is 2.62. The zero-order chi connectivity index (χ0) is 58.7. The molecule has 4 N–H and O–H groups in total. The number of fused-ring (bicyclic) bond motifs is 1. The minimum Gasteiger partial charge on any atom is -0.458 e. The number of sulfone groups is 1. The molecule has 450 valence electrons. The summed E-state index contributed by atoms with van der Waals surface area (Å²) in [5.41, 5.74) is 2.67. The molecule has 4 saturated heterocycles. The molecule has 1 aromatic rings. The van der Waals surface area contributed by atoms with Gasteiger partial charge in [0.25, 0.3) is 0 Å². The van der Waals surface area contributed by atoms with Crippen LogP contribution in [0.5, 0.6) is 0 Å². The van der Waals surface area contributed by atoms with Crippen molar-refractivity contribution in [1.82, 2.24) is 25.8 Å². The number of nitrogens with one attached hydrogen (secondary N) is 2. The molecule has 0 aromatic heterocycles. The Balaban J connectivity index is 1.33. The summed E-state index contributed by atoms with van der Waals surface area (Å²) in [6, 6.07) is 3.98. The summed E-state index contributed by atoms with van der Waals surface area (Å²) in [7, 11) is 4.96. The number of cyclic esters (lactones) is 1. The Bertz CT molecular complexity index is 2380. The first kappa shape index (κ1) is 65.5. The molecule has 1 aromatic carbocycles. The quantitative estimate of drug-likeness (QED) is 0.0784. The third-order valence-corrected chi connectivity index (χ3v) is 20.4. The van der Waals surface area contributed by atoms with Crippen molar-refractivity contribution in [3.63, 3.8) is 0 Å². The zero-order valence-electron chi connectivity index (χ0n) is 49.0. The maximum atomic E-state index is 15.1. The third kappa shape index (κ3) is 14.3. The number of nitrogens with zero attached hydrogens (tertiary/aromatic N) is 3. The van der Waals surface area contributed by atoms with Gasteiger partial charge in [0.2, 0.25) is 0 Å². The van der Waals surface area contributed by atoms with E-state index in [4.69, 9.17) is 37.9 Å². The van der Waals surface area contributed by atoms with Crippen molar-refractivity contribution in [2.24, 2.45) is 35.5 Å². The molecule has 20 atom stereocenters. The summed E-state index contributed by atoms with van der Waals surface area (Å²) < 4.78 is 89.9. The molecule has 23 heteroatoms. The minimum absolute atomic E-state index is 0.0689. The van der Waals surface area contributed by atoms with E-state index in [0.29, 0.717) is 37.8 Å². The van der Waals surface area contributed by atoms with Gasteiger partial charge in [-0.2, -0.15) is 0 Å². The number of esters is 2. The van der Waals surface area contributed by atoms with Gasteiger partial charge in [-0.05, 0) is 100 Å². The number of likely N-dealkylation sites (N-methyl/N-ethyl adjacent to an activating group) is 1. The largest absolute Gasteiger partial charge is 0.458 e. The molecule has 2 unspecified atom stereocenters. The molecular formula is C56H91FIN5O15S. The standard InChI is InChI=1S/C56H91FIN5O15S/c1-16-43-55(9)45(46(52(68)78-55)59-22-24-64)36(7)47(65)31(2)26-56(58,73-14)50(34(5)44(35(6)51(67)76-43)42-28-54(8,72-13)27-33(4)74-42)77-53-48(66)40(25-32(3)75-53)61(10)23-21-38-30-63(62(11)60-38)41(29-57)49(71-12)37-17-19-39(20-18-37)79(15,69)70/h17-20,30-36,40-46,48-50,53,59-60,64,66H,16,21-29H2,1-15H3/t31-,32-,33+,34+,35-,36-,40+,41-,42?,43-,44+,45+,46?,48-,49-,50-,53+,54+,55-,56-/m1/s1. The molecule has 0 bridgehead atoms. The Hall–Kier alpha value is -2.66. The second-order valence-corrected chi connectivity index (χ2v) is 27.3. The Kier molecular flexibility index (Phi) is 22.3. The van der Waals surface area contributed by atoms with Crippen molar-refractivity contribution >= 4 is 50.1 Å². The van der Waals surface area contributed by atoms with Crippen molar-refractivity contribution in [2.45, 2.75) is 188 Å². The van der Waals surface area contributed by atoms with Crippen LogP contribution in [-0.2, 0) is 62.1 Å². The Morgan fingerprint density at radius 2 is 1.65 bits per heavy atom. The van der Waals surface area contributed by atoms with E-state index in [2.05, 4.69) is 33.3 Å². The molecule has 5 aliphatic heterocycles. The van der Waals surface area contributed by atoms with E-state index in [9.17, 15) is 23.4 Å². The second kappa shape index (κ2) is 26.9. The number of methoxy groups -OCH3 is 3. The number of halogens is 2. The fraction of sp³-hybridized carbons (Fsp3) is 0.804. The highest BCUT2D eigenvalue weighted by atomic mass is 127. The Labute approximate surface area is 481 Å². The van der Waals surface area contributed by atoms with Gasteiger partial charge in [0.1, 0.15) is 52.6 Å². The highest BCUT2D eigenvalue weighted by Crippen LogP contribution is 2.50. The molecule has 4 fully saturated rings. The summed E-state index contributed by atoms with van der Waals surface area (Å²) in [5.74, 6) is -5.74. The number of carbonyl (C=O) groups is 3. The van der Waals surface area contributed by atoms with Gasteiger partial charge >= 0.3 is 11.9 Å². The maximum absolute atomic E-state index is 15.1. The van der Waals surface area contributed by atoms with Gasteiger partial charge < -0.3 is 63.8 Å². The number of hydrogen-bond acceptors (Lipinski definition) is 20. The first-order valence-electron chi connectivity index (χ1n) is 27.9. The number of carbonyl (C=O) groups excluding carboxylic acids is 3. The summed E-state index contributed by atoms with van der Waals surface area (Å²) in [4.78, 5) is 46.2. The minimum atomic E-state index is -3.44. The zero-order valence-corrected chi connectivity index (χ0v) is 52.0. The predicted molar refractivity (Wildman–Crippen MR) is 300 cm³/mol. The van der Waals surface area contributed by atoms with Gasteiger partial charge in [0.05, 0.1) is 41.3 Å². The van der Waals surface area contributed by atoms with E-state index in [1.54, 1.807) is 57.4 Å². The SMILES string of the molecule is CC[C@H]1OC(=O)[C@H](C)[C@@H](C2C[C@@](C)(OC)C[C@H](C)O2)[C@H](C)[C@@H](O[C@@H]2O[C@H](C)C[C@H](N(C)CCC3=CN([C@H](CF)[C@H](OC)c4ccc(S(C)(=O)=O)cc4)N(C)N3)[C@H]2O)[C@](I)(OC)C[C@@H](C)C(=O)[C@H](C)[C@H]2C(NCCO)C(=O)O[C@@]21C. The number of Topliss-reactive ketones (excluding diaryl/α,β-unsaturated/α-hetero) is 1. The van der Waals surface area contributed by atoms with Crippen LogP contribution in [0.15, 0.2) is 41.1 Å². The van der Waals surface area contributed by atoms with Gasteiger partial charge in [-0.3, -0.25) is 19.4 Å². The molecule has 6 rings (SSSR count). The van der Waals surface area contributed by atoms with Crippen molar-refractivity contribution in [2.75, 3.05) is 68.1 Å². The summed E-state index contributed by atoms with van der Waals surface area (Å²) in [6.45, 7) is 16.4. The molecule has 79 heavy (non-hydrogen) atoms. The number of benzene rings is 1. The van der Waals surface area contributed by atoms with E-state index < -0.39 is 140 Å². The number of ether oxygens (including phenoxy) is 8. The van der Waals surface area contributed by atoms with Crippen LogP contribution < -0.4 is 10.7 Å². The van der Waals surface area contributed by atoms with E-state index >= 15 is 14.0 Å². The third-order valence-electron chi connectivity index (χ3n) is 17.7. The predicted octanol–water partition coefficient (Wildman–Crippen LogP) is 5.28. The molecule has 0 amide bonds. The van der Waals surface area contributed by atoms with E-state index in [0.717, 1.165) is 12.0 Å². The summed E-state index contributed by atoms with van der Waals surface area (Å²) in [5, 5.41) is 28.9. The van der Waals surface area contributed by atoms with Gasteiger partial charge in [-0.1, -0.05) is 46.8 Å². The van der Waals surface area contributed by atoms with Crippen molar-refractivity contribution in [3.05, 3.63) is 41.7 Å². The molecule has 0 saturated carbocycles. The first-order chi connectivity index (χ1) is 37.0. The van der Waals surface area contributed by atoms with Crippen molar-refractivity contribution < 1.29 is 75.3 Å². The number of aliphatic hydroxyl groups excluding tert-OH is 2. The average molecular weight is 1250 g/mol. The Morgan fingerprint density at radius 1 is 0.975 bits per heavy atom. The van der Waals surface area contributed by atoms with Crippen LogP contribution in [0, 0.1) is 35.5 Å².